The first-order chi connectivity index (χ1) is 14.8. The second kappa shape index (κ2) is 10.2. The number of aryl methyl sites for hydroxylation is 2. The summed E-state index contributed by atoms with van der Waals surface area (Å²) in [6.45, 7) is 8.38. The number of hydrogen-bond acceptors (Lipinski definition) is 4. The van der Waals surface area contributed by atoms with Gasteiger partial charge in [0.25, 0.3) is 0 Å². The van der Waals surface area contributed by atoms with Crippen LogP contribution in [0.25, 0.3) is 0 Å². The molecule has 0 aromatic heterocycles. The van der Waals surface area contributed by atoms with Crippen LogP contribution in [0.4, 0.5) is 10.5 Å². The van der Waals surface area contributed by atoms with Crippen LogP contribution in [0.15, 0.2) is 42.5 Å². The van der Waals surface area contributed by atoms with Crippen molar-refractivity contribution in [2.75, 3.05) is 38.0 Å². The van der Waals surface area contributed by atoms with Crippen molar-refractivity contribution < 1.29 is 14.4 Å². The van der Waals surface area contributed by atoms with Gasteiger partial charge in [0, 0.05) is 31.9 Å². The summed E-state index contributed by atoms with van der Waals surface area (Å²) in [6, 6.07) is 13.0. The second-order valence-corrected chi connectivity index (χ2v) is 8.01. The third-order valence-electron chi connectivity index (χ3n) is 5.80. The van der Waals surface area contributed by atoms with Crippen LogP contribution in [0.3, 0.4) is 0 Å². The molecule has 4 amide bonds. The molecule has 3 rings (SSSR count). The molecule has 0 atom stereocenters. The van der Waals surface area contributed by atoms with E-state index in [1.165, 1.54) is 0 Å². The third kappa shape index (κ3) is 6.15. The number of benzene rings is 2. The topological polar surface area (TPSA) is 81.8 Å². The highest BCUT2D eigenvalue weighted by molar-refractivity contribution is 6.02. The lowest BCUT2D eigenvalue weighted by molar-refractivity contribution is -0.132. The SMILES string of the molecule is Cc1ccccc1CC(=O)N1CCN(CC(=O)NC(=O)Nc2cccc(C)c2C)CC1. The van der Waals surface area contributed by atoms with Gasteiger partial charge in [-0.15, -0.1) is 0 Å². The van der Waals surface area contributed by atoms with Crippen molar-refractivity contribution in [1.82, 2.24) is 15.1 Å². The van der Waals surface area contributed by atoms with Crippen LogP contribution in [0.1, 0.15) is 22.3 Å². The molecular formula is C24H30N4O3. The number of rotatable bonds is 5. The van der Waals surface area contributed by atoms with E-state index in [1.54, 1.807) is 6.07 Å². The normalized spacial score (nSPS) is 14.2. The van der Waals surface area contributed by atoms with Crippen LogP contribution in [0.2, 0.25) is 0 Å². The van der Waals surface area contributed by atoms with Gasteiger partial charge in [-0.1, -0.05) is 36.4 Å². The van der Waals surface area contributed by atoms with Crippen molar-refractivity contribution in [3.05, 3.63) is 64.7 Å². The minimum atomic E-state index is -0.536. The van der Waals surface area contributed by atoms with Gasteiger partial charge in [-0.2, -0.15) is 0 Å². The quantitative estimate of drug-likeness (QED) is 0.776. The second-order valence-electron chi connectivity index (χ2n) is 8.01. The van der Waals surface area contributed by atoms with Crippen LogP contribution in [-0.2, 0) is 16.0 Å². The van der Waals surface area contributed by atoms with Crippen LogP contribution in [0.5, 0.6) is 0 Å². The molecule has 164 valence electrons. The van der Waals surface area contributed by atoms with Gasteiger partial charge in [-0.25, -0.2) is 4.79 Å². The van der Waals surface area contributed by atoms with E-state index in [0.29, 0.717) is 38.3 Å². The molecule has 2 N–H and O–H groups in total. The van der Waals surface area contributed by atoms with Crippen LogP contribution < -0.4 is 10.6 Å². The van der Waals surface area contributed by atoms with E-state index in [9.17, 15) is 14.4 Å². The highest BCUT2D eigenvalue weighted by atomic mass is 16.2. The Bertz CT molecular complexity index is 965. The molecule has 7 nitrogen and oxygen atoms in total. The zero-order valence-electron chi connectivity index (χ0n) is 18.4. The van der Waals surface area contributed by atoms with Crippen LogP contribution >= 0.6 is 0 Å². The van der Waals surface area contributed by atoms with Crippen LogP contribution in [0, 0.1) is 20.8 Å². The maximum absolute atomic E-state index is 12.6. The summed E-state index contributed by atoms with van der Waals surface area (Å²) in [7, 11) is 0. The number of anilines is 1. The van der Waals surface area contributed by atoms with Gasteiger partial charge < -0.3 is 10.2 Å². The Balaban J connectivity index is 1.42. The van der Waals surface area contributed by atoms with E-state index in [-0.39, 0.29) is 18.4 Å². The number of carbonyl (C=O) groups is 3. The van der Waals surface area contributed by atoms with E-state index in [4.69, 9.17) is 0 Å². The highest BCUT2D eigenvalue weighted by Gasteiger charge is 2.23. The van der Waals surface area contributed by atoms with Gasteiger partial charge in [-0.3, -0.25) is 19.8 Å². The number of amides is 4. The van der Waals surface area contributed by atoms with E-state index in [1.807, 2.05) is 67.0 Å². The Kier molecular flexibility index (Phi) is 7.41. The summed E-state index contributed by atoms with van der Waals surface area (Å²) >= 11 is 0. The maximum Gasteiger partial charge on any atom is 0.325 e. The number of imide groups is 1. The van der Waals surface area contributed by atoms with Gasteiger partial charge >= 0.3 is 6.03 Å². The zero-order valence-corrected chi connectivity index (χ0v) is 18.4. The fourth-order valence-electron chi connectivity index (χ4n) is 3.65. The molecule has 31 heavy (non-hydrogen) atoms. The fraction of sp³-hybridized carbons (Fsp3) is 0.375. The number of nitrogens with one attached hydrogen (secondary N) is 2. The van der Waals surface area contributed by atoms with E-state index in [0.717, 1.165) is 22.3 Å². The monoisotopic (exact) mass is 422 g/mol. The minimum absolute atomic E-state index is 0.103. The predicted molar refractivity (Wildman–Crippen MR) is 121 cm³/mol. The fourth-order valence-corrected chi connectivity index (χ4v) is 3.65. The van der Waals surface area contributed by atoms with E-state index < -0.39 is 6.03 Å². The van der Waals surface area contributed by atoms with Crippen LogP contribution in [-0.4, -0.2) is 60.4 Å². The van der Waals surface area contributed by atoms with E-state index in [2.05, 4.69) is 10.6 Å². The minimum Gasteiger partial charge on any atom is -0.340 e. The zero-order chi connectivity index (χ0) is 22.4. The summed E-state index contributed by atoms with van der Waals surface area (Å²) in [5.41, 5.74) is 4.89. The van der Waals surface area contributed by atoms with Crippen molar-refractivity contribution in [2.45, 2.75) is 27.2 Å². The Morgan fingerprint density at radius 2 is 1.55 bits per heavy atom. The average molecular weight is 423 g/mol. The molecule has 0 saturated carbocycles. The highest BCUT2D eigenvalue weighted by Crippen LogP contribution is 2.17. The molecule has 1 aliphatic rings. The first kappa shape index (κ1) is 22.5. The Hall–Kier alpha value is -3.19. The Morgan fingerprint density at radius 1 is 0.871 bits per heavy atom. The summed E-state index contributed by atoms with van der Waals surface area (Å²) in [6.07, 6.45) is 0.395. The Labute approximate surface area is 183 Å². The Morgan fingerprint density at radius 3 is 2.26 bits per heavy atom. The molecule has 1 aliphatic heterocycles. The molecule has 0 radical (unpaired) electrons. The molecular weight excluding hydrogens is 392 g/mol. The lowest BCUT2D eigenvalue weighted by atomic mass is 10.1. The average Bonchev–Trinajstić information content (AvgIpc) is 2.73. The number of carbonyl (C=O) groups excluding carboxylic acids is 3. The number of urea groups is 1. The molecule has 0 aliphatic carbocycles. The predicted octanol–water partition coefficient (Wildman–Crippen LogP) is 2.65. The first-order valence-corrected chi connectivity index (χ1v) is 10.5. The third-order valence-corrected chi connectivity index (χ3v) is 5.80. The molecule has 1 saturated heterocycles. The molecule has 1 fully saturated rings. The van der Waals surface area contributed by atoms with Gasteiger partial charge in [-0.05, 0) is 49.1 Å². The lowest BCUT2D eigenvalue weighted by Crippen LogP contribution is -2.52. The molecule has 2 aromatic rings. The maximum atomic E-state index is 12.6. The lowest BCUT2D eigenvalue weighted by Gasteiger charge is -2.34. The number of nitrogens with zero attached hydrogens (tertiary/aromatic N) is 2. The van der Waals surface area contributed by atoms with E-state index >= 15 is 0 Å². The van der Waals surface area contributed by atoms with Gasteiger partial charge in [0.1, 0.15) is 0 Å². The number of piperazine rings is 1. The van der Waals surface area contributed by atoms with Crippen molar-refractivity contribution in [2.24, 2.45) is 0 Å². The summed E-state index contributed by atoms with van der Waals surface area (Å²) in [4.78, 5) is 40.8. The van der Waals surface area contributed by atoms with Crippen molar-refractivity contribution in [1.29, 1.82) is 0 Å². The van der Waals surface area contributed by atoms with Crippen molar-refractivity contribution >= 4 is 23.5 Å². The number of hydrogen-bond donors (Lipinski definition) is 2. The molecule has 0 unspecified atom stereocenters. The smallest absolute Gasteiger partial charge is 0.325 e. The summed E-state index contributed by atoms with van der Waals surface area (Å²) in [5, 5.41) is 5.11. The van der Waals surface area contributed by atoms with Gasteiger partial charge in [0.15, 0.2) is 0 Å². The standard InChI is InChI=1S/C24H30N4O3/c1-17-8-6-10-21(19(17)3)25-24(31)26-22(29)16-27-11-13-28(14-12-27)23(30)15-20-9-5-4-7-18(20)2/h4-10H,11-16H2,1-3H3,(H2,25,26,29,31). The summed E-state index contributed by atoms with van der Waals surface area (Å²) in [5.74, 6) is -0.256. The first-order valence-electron chi connectivity index (χ1n) is 10.5. The van der Waals surface area contributed by atoms with Crippen molar-refractivity contribution in [3.8, 4) is 0 Å². The van der Waals surface area contributed by atoms with Gasteiger partial charge in [0.2, 0.25) is 11.8 Å². The van der Waals surface area contributed by atoms with Crippen molar-refractivity contribution in [3.63, 3.8) is 0 Å². The molecule has 0 bridgehead atoms. The summed E-state index contributed by atoms with van der Waals surface area (Å²) < 4.78 is 0. The largest absolute Gasteiger partial charge is 0.340 e. The molecule has 2 aromatic carbocycles. The van der Waals surface area contributed by atoms with Gasteiger partial charge in [0.05, 0.1) is 13.0 Å². The molecule has 0 spiro atoms. The molecule has 7 heteroatoms. The molecule has 1 heterocycles.